The number of primary amides is 1. The third-order valence-corrected chi connectivity index (χ3v) is 6.01. The highest BCUT2D eigenvalue weighted by molar-refractivity contribution is 9.10. The molecule has 7 nitrogen and oxygen atoms in total. The average Bonchev–Trinajstić information content (AvgIpc) is 3.38. The summed E-state index contributed by atoms with van der Waals surface area (Å²) in [5, 5.41) is 13.6. The molecule has 5 N–H and O–H groups in total. The molecule has 0 radical (unpaired) electrons. The van der Waals surface area contributed by atoms with Gasteiger partial charge in [0.15, 0.2) is 5.78 Å². The number of rotatable bonds is 7. The van der Waals surface area contributed by atoms with Crippen molar-refractivity contribution in [3.05, 3.63) is 70.0 Å². The molecule has 31 heavy (non-hydrogen) atoms. The molecule has 0 spiro atoms. The fourth-order valence-electron chi connectivity index (χ4n) is 3.84. The minimum Gasteiger partial charge on any atom is -0.506 e. The van der Waals surface area contributed by atoms with Crippen molar-refractivity contribution in [2.45, 2.75) is 32.2 Å². The number of aromatic amines is 1. The second kappa shape index (κ2) is 9.34. The van der Waals surface area contributed by atoms with E-state index in [4.69, 9.17) is 5.73 Å². The van der Waals surface area contributed by atoms with Gasteiger partial charge in [0.2, 0.25) is 5.91 Å². The van der Waals surface area contributed by atoms with Crippen LogP contribution in [0.25, 0.3) is 11.3 Å². The highest BCUT2D eigenvalue weighted by Crippen LogP contribution is 2.30. The van der Waals surface area contributed by atoms with Gasteiger partial charge in [0.1, 0.15) is 11.5 Å². The Morgan fingerprint density at radius 3 is 2.48 bits per heavy atom. The number of nitrogens with one attached hydrogen (secondary N) is 2. The molecule has 2 aromatic rings. The maximum Gasteiger partial charge on any atom is 0.267 e. The number of aliphatic hydroxyl groups excluding tert-OH is 1. The van der Waals surface area contributed by atoms with Crippen molar-refractivity contribution in [1.82, 2.24) is 10.3 Å². The number of nitrogens with two attached hydrogens (primary N) is 1. The Morgan fingerprint density at radius 2 is 1.87 bits per heavy atom. The molecule has 0 bridgehead atoms. The number of allylic oxidation sites excluding steroid dienone is 2. The van der Waals surface area contributed by atoms with Gasteiger partial charge in [-0.15, -0.1) is 0 Å². The minimum absolute atomic E-state index is 0.0675. The summed E-state index contributed by atoms with van der Waals surface area (Å²) in [5.74, 6) is -1.84. The lowest BCUT2D eigenvalue weighted by atomic mass is 9.94. The number of amides is 2. The number of benzene rings is 1. The fraction of sp³-hybridized carbons (Fsp3) is 0.261. The molecule has 0 saturated heterocycles. The molecule has 0 unspecified atom stereocenters. The van der Waals surface area contributed by atoms with Gasteiger partial charge < -0.3 is 21.1 Å². The zero-order valence-corrected chi connectivity index (χ0v) is 18.7. The first-order valence-corrected chi connectivity index (χ1v) is 10.7. The fourth-order valence-corrected chi connectivity index (χ4v) is 4.11. The largest absolute Gasteiger partial charge is 0.506 e. The average molecular weight is 486 g/mol. The zero-order chi connectivity index (χ0) is 22.7. The summed E-state index contributed by atoms with van der Waals surface area (Å²) in [4.78, 5) is 39.3. The topological polar surface area (TPSA) is 125 Å². The van der Waals surface area contributed by atoms with E-state index in [1.165, 1.54) is 19.2 Å². The van der Waals surface area contributed by atoms with Gasteiger partial charge in [-0.25, -0.2) is 0 Å². The van der Waals surface area contributed by atoms with Crippen LogP contribution in [0.4, 0.5) is 0 Å². The second-order valence-electron chi connectivity index (χ2n) is 7.59. The smallest absolute Gasteiger partial charge is 0.267 e. The van der Waals surface area contributed by atoms with E-state index in [1.54, 1.807) is 12.1 Å². The summed E-state index contributed by atoms with van der Waals surface area (Å²) in [7, 11) is 0. The van der Waals surface area contributed by atoms with E-state index in [1.807, 2.05) is 12.1 Å². The standard InChI is InChI=1S/C23H24BrN3O4/c1-12(14-6-8-16(24)9-7-14)20(13(2)28)21(29)15-10-19(26-11-15)23(31)27-18-5-3-4-17(18)22(25)30/h6-11,17-18,26,29H,1,3-5H2,2H3,(H2,25,30)(H,27,31)/t17-,18+/m1/s1. The van der Waals surface area contributed by atoms with Crippen molar-refractivity contribution in [3.63, 3.8) is 0 Å². The summed E-state index contributed by atoms with van der Waals surface area (Å²) in [6.07, 6.45) is 3.60. The number of aromatic nitrogens is 1. The first-order valence-electron chi connectivity index (χ1n) is 9.87. The van der Waals surface area contributed by atoms with Gasteiger partial charge in [0.05, 0.1) is 11.5 Å². The number of H-pyrrole nitrogens is 1. The van der Waals surface area contributed by atoms with Crippen molar-refractivity contribution >= 4 is 44.9 Å². The molecule has 1 aliphatic carbocycles. The first kappa shape index (κ1) is 22.6. The Bertz CT molecular complexity index is 1070. The second-order valence-corrected chi connectivity index (χ2v) is 8.50. The Kier molecular flexibility index (Phi) is 6.80. The number of aliphatic hydroxyl groups is 1. The van der Waals surface area contributed by atoms with Gasteiger partial charge in [0.25, 0.3) is 5.91 Å². The molecular formula is C23H24BrN3O4. The van der Waals surface area contributed by atoms with Crippen molar-refractivity contribution in [3.8, 4) is 0 Å². The molecular weight excluding hydrogens is 462 g/mol. The number of hydrogen-bond acceptors (Lipinski definition) is 4. The van der Waals surface area contributed by atoms with Gasteiger partial charge in [-0.05, 0) is 49.1 Å². The van der Waals surface area contributed by atoms with Crippen LogP contribution in [0.5, 0.6) is 0 Å². The lowest BCUT2D eigenvalue weighted by Crippen LogP contribution is -2.42. The highest BCUT2D eigenvalue weighted by Gasteiger charge is 2.33. The van der Waals surface area contributed by atoms with Crippen LogP contribution in [0.3, 0.4) is 0 Å². The summed E-state index contributed by atoms with van der Waals surface area (Å²) in [5.41, 5.74) is 7.03. The minimum atomic E-state index is -0.423. The van der Waals surface area contributed by atoms with E-state index in [-0.39, 0.29) is 40.3 Å². The van der Waals surface area contributed by atoms with Gasteiger partial charge in [-0.2, -0.15) is 0 Å². The number of carbonyl (C=O) groups excluding carboxylic acids is 3. The van der Waals surface area contributed by atoms with Crippen LogP contribution in [0, 0.1) is 5.92 Å². The normalized spacial score (nSPS) is 18.9. The monoisotopic (exact) mass is 485 g/mol. The van der Waals surface area contributed by atoms with Crippen LogP contribution < -0.4 is 11.1 Å². The van der Waals surface area contributed by atoms with E-state index < -0.39 is 11.8 Å². The SMILES string of the molecule is C=C(C(C(C)=O)=C(O)c1c[nH]c(C(=O)N[C@H]2CCC[C@H]2C(N)=O)c1)c1ccc(Br)cc1. The molecule has 162 valence electrons. The van der Waals surface area contributed by atoms with Crippen LogP contribution in [-0.4, -0.2) is 33.7 Å². The van der Waals surface area contributed by atoms with Crippen LogP contribution in [0.2, 0.25) is 0 Å². The molecule has 1 saturated carbocycles. The van der Waals surface area contributed by atoms with E-state index >= 15 is 0 Å². The molecule has 3 rings (SSSR count). The van der Waals surface area contributed by atoms with Gasteiger partial charge in [-0.1, -0.05) is 41.1 Å². The van der Waals surface area contributed by atoms with E-state index in [9.17, 15) is 19.5 Å². The Hall–Kier alpha value is -3.13. The van der Waals surface area contributed by atoms with E-state index in [0.29, 0.717) is 24.0 Å². The molecule has 8 heteroatoms. The number of carbonyl (C=O) groups is 3. The molecule has 1 heterocycles. The van der Waals surface area contributed by atoms with Crippen molar-refractivity contribution in [2.24, 2.45) is 11.7 Å². The zero-order valence-electron chi connectivity index (χ0n) is 17.1. The molecule has 2 atom stereocenters. The summed E-state index contributed by atoms with van der Waals surface area (Å²) >= 11 is 3.36. The lowest BCUT2D eigenvalue weighted by Gasteiger charge is -2.17. The Labute approximate surface area is 188 Å². The number of Topliss-reactive ketones (excluding diaryl/α,β-unsaturated/α-hetero) is 1. The summed E-state index contributed by atoms with van der Waals surface area (Å²) in [6.45, 7) is 5.32. The molecule has 1 fully saturated rings. The van der Waals surface area contributed by atoms with Crippen LogP contribution in [0.1, 0.15) is 47.8 Å². The molecule has 1 aliphatic rings. The highest BCUT2D eigenvalue weighted by atomic mass is 79.9. The number of ketones is 1. The predicted molar refractivity (Wildman–Crippen MR) is 122 cm³/mol. The van der Waals surface area contributed by atoms with Crippen molar-refractivity contribution in [1.29, 1.82) is 0 Å². The van der Waals surface area contributed by atoms with Crippen LogP contribution >= 0.6 is 15.9 Å². The number of hydrogen-bond donors (Lipinski definition) is 4. The van der Waals surface area contributed by atoms with E-state index in [2.05, 4.69) is 32.8 Å². The third kappa shape index (κ3) is 4.96. The van der Waals surface area contributed by atoms with Crippen molar-refractivity contribution < 1.29 is 19.5 Å². The maximum atomic E-state index is 12.6. The van der Waals surface area contributed by atoms with Crippen LogP contribution in [-0.2, 0) is 9.59 Å². The molecule has 1 aromatic carbocycles. The lowest BCUT2D eigenvalue weighted by molar-refractivity contribution is -0.122. The van der Waals surface area contributed by atoms with Crippen LogP contribution in [0.15, 0.2) is 53.2 Å². The maximum absolute atomic E-state index is 12.6. The van der Waals surface area contributed by atoms with Crippen molar-refractivity contribution in [2.75, 3.05) is 0 Å². The van der Waals surface area contributed by atoms with Gasteiger partial charge in [-0.3, -0.25) is 14.4 Å². The van der Waals surface area contributed by atoms with Gasteiger partial charge >= 0.3 is 0 Å². The predicted octanol–water partition coefficient (Wildman–Crippen LogP) is 3.73. The molecule has 0 aliphatic heterocycles. The first-order chi connectivity index (χ1) is 14.7. The summed E-state index contributed by atoms with van der Waals surface area (Å²) < 4.78 is 0.878. The molecule has 2 amide bonds. The Morgan fingerprint density at radius 1 is 1.19 bits per heavy atom. The van der Waals surface area contributed by atoms with Gasteiger partial charge in [0, 0.05) is 22.3 Å². The molecule has 1 aromatic heterocycles. The Balaban J connectivity index is 1.84. The third-order valence-electron chi connectivity index (χ3n) is 5.48. The van der Waals surface area contributed by atoms with E-state index in [0.717, 1.165) is 10.9 Å². The quantitative estimate of drug-likeness (QED) is 0.270. The number of halogens is 1. The summed E-state index contributed by atoms with van der Waals surface area (Å²) in [6, 6.07) is 8.35.